The Morgan fingerprint density at radius 3 is 2.35 bits per heavy atom. The molecule has 0 saturated heterocycles. The van der Waals surface area contributed by atoms with E-state index in [0.717, 1.165) is 11.3 Å². The lowest BCUT2D eigenvalue weighted by atomic mass is 9.91. The second-order valence-electron chi connectivity index (χ2n) is 8.89. The minimum absolute atomic E-state index is 0.0258. The highest BCUT2D eigenvalue weighted by molar-refractivity contribution is 7.07. The molecule has 34 heavy (non-hydrogen) atoms. The Morgan fingerprint density at radius 2 is 1.79 bits per heavy atom. The molecule has 178 valence electrons. The third kappa shape index (κ3) is 5.57. The first-order chi connectivity index (χ1) is 15.9. The van der Waals surface area contributed by atoms with Gasteiger partial charge in [-0.05, 0) is 24.3 Å². The van der Waals surface area contributed by atoms with Gasteiger partial charge in [0.1, 0.15) is 22.7 Å². The van der Waals surface area contributed by atoms with Crippen LogP contribution in [0.5, 0.6) is 0 Å². The van der Waals surface area contributed by atoms with E-state index in [4.69, 9.17) is 4.42 Å². The second-order valence-corrected chi connectivity index (χ2v) is 9.96. The molecule has 0 fully saturated rings. The third-order valence-electron chi connectivity index (χ3n) is 4.99. The number of thiazole rings is 1. The number of carbonyl (C=O) groups is 2. The van der Waals surface area contributed by atoms with Crippen molar-refractivity contribution < 1.29 is 18.9 Å². The maximum Gasteiger partial charge on any atom is 0.269 e. The summed E-state index contributed by atoms with van der Waals surface area (Å²) in [5.74, 6) is 0.439. The van der Waals surface area contributed by atoms with Gasteiger partial charge < -0.3 is 9.32 Å². The molecule has 3 rings (SSSR count). The van der Waals surface area contributed by atoms with Crippen LogP contribution in [0, 0.1) is 15.5 Å². The monoisotopic (exact) mass is 483 g/mol. The molecule has 1 aromatic carbocycles. The summed E-state index contributed by atoms with van der Waals surface area (Å²) in [5.41, 5.74) is -0.417. The Labute approximate surface area is 199 Å². The fourth-order valence-corrected chi connectivity index (χ4v) is 3.88. The zero-order chi connectivity index (χ0) is 25.2. The maximum atomic E-state index is 13.1. The fourth-order valence-electron chi connectivity index (χ4n) is 2.86. The summed E-state index contributed by atoms with van der Waals surface area (Å²) in [6.07, 6.45) is 2.95. The van der Waals surface area contributed by atoms with Gasteiger partial charge in [-0.2, -0.15) is 0 Å². The molecule has 2 aromatic heterocycles. The van der Waals surface area contributed by atoms with E-state index in [2.05, 4.69) is 0 Å². The molecular weight excluding hydrogens is 458 g/mol. The second kappa shape index (κ2) is 9.60. The molecule has 2 heterocycles. The first kappa shape index (κ1) is 24.8. The zero-order valence-electron chi connectivity index (χ0n) is 19.5. The number of non-ortho nitro benzene ring substituents is 1. The van der Waals surface area contributed by atoms with Gasteiger partial charge in [-0.25, -0.2) is 0 Å². The molecule has 0 spiro atoms. The van der Waals surface area contributed by atoms with Crippen molar-refractivity contribution in [3.05, 3.63) is 71.8 Å². The number of ketones is 1. The lowest BCUT2D eigenvalue weighted by molar-refractivity contribution is -0.384. The van der Waals surface area contributed by atoms with E-state index in [9.17, 15) is 24.5 Å². The number of nitro benzene ring substituents is 1. The summed E-state index contributed by atoms with van der Waals surface area (Å²) in [5, 5.41) is 10.8. The molecular formula is C24H25N3O6S. The summed E-state index contributed by atoms with van der Waals surface area (Å²) in [7, 11) is 3.19. The SMILES string of the molecule is CN(C)C(=O)Cn1c(=O)/c(=C\c2ccc(-c3ccc([N+](=O)[O-])cc3)o2)s/c1=C/C(=O)C(C)(C)C. The lowest BCUT2D eigenvalue weighted by Gasteiger charge is -2.13. The van der Waals surface area contributed by atoms with Crippen molar-refractivity contribution in [2.75, 3.05) is 14.1 Å². The van der Waals surface area contributed by atoms with Crippen LogP contribution in [0.1, 0.15) is 26.5 Å². The molecule has 0 saturated carbocycles. The van der Waals surface area contributed by atoms with E-state index in [1.807, 2.05) is 0 Å². The molecule has 0 unspecified atom stereocenters. The van der Waals surface area contributed by atoms with Gasteiger partial charge in [0, 0.05) is 49.4 Å². The molecule has 0 aliphatic rings. The molecule has 9 nitrogen and oxygen atoms in total. The van der Waals surface area contributed by atoms with Crippen molar-refractivity contribution in [2.24, 2.45) is 5.41 Å². The van der Waals surface area contributed by atoms with Crippen LogP contribution >= 0.6 is 11.3 Å². The standard InChI is InChI=1S/C24H25N3O6S/c1-24(2,3)20(28)13-22-26(14-21(29)25(4)5)23(30)19(34-22)12-17-10-11-18(33-17)15-6-8-16(9-7-15)27(31)32/h6-13H,14H2,1-5H3/b19-12+,22-13+. The molecule has 0 atom stereocenters. The Kier molecular flexibility index (Phi) is 7.01. The van der Waals surface area contributed by atoms with E-state index in [1.165, 1.54) is 27.7 Å². The van der Waals surface area contributed by atoms with E-state index in [0.29, 0.717) is 26.3 Å². The smallest absolute Gasteiger partial charge is 0.269 e. The minimum atomic E-state index is -0.638. The van der Waals surface area contributed by atoms with Crippen LogP contribution in [0.3, 0.4) is 0 Å². The number of amides is 1. The number of nitro groups is 1. The first-order valence-electron chi connectivity index (χ1n) is 10.4. The van der Waals surface area contributed by atoms with Crippen molar-refractivity contribution >= 4 is 40.9 Å². The molecule has 0 N–H and O–H groups in total. The Hall–Kier alpha value is -3.79. The summed E-state index contributed by atoms with van der Waals surface area (Å²) in [4.78, 5) is 49.7. The number of nitrogens with zero attached hydrogens (tertiary/aromatic N) is 3. The molecule has 0 aliphatic heterocycles. The number of likely N-dealkylation sites (N-methyl/N-ethyl adjacent to an activating group) is 1. The zero-order valence-corrected chi connectivity index (χ0v) is 20.3. The van der Waals surface area contributed by atoms with Gasteiger partial charge in [0.05, 0.1) is 9.46 Å². The highest BCUT2D eigenvalue weighted by Gasteiger charge is 2.20. The van der Waals surface area contributed by atoms with Crippen molar-refractivity contribution in [2.45, 2.75) is 27.3 Å². The van der Waals surface area contributed by atoms with Crippen LogP contribution in [0.2, 0.25) is 0 Å². The third-order valence-corrected chi connectivity index (χ3v) is 6.04. The highest BCUT2D eigenvalue weighted by Crippen LogP contribution is 2.24. The summed E-state index contributed by atoms with van der Waals surface area (Å²) >= 11 is 1.10. The van der Waals surface area contributed by atoms with E-state index >= 15 is 0 Å². The quantitative estimate of drug-likeness (QED) is 0.393. The molecule has 0 aliphatic carbocycles. The van der Waals surface area contributed by atoms with E-state index in [-0.39, 0.29) is 23.9 Å². The normalized spacial score (nSPS) is 12.7. The molecule has 3 aromatic rings. The maximum absolute atomic E-state index is 13.1. The summed E-state index contributed by atoms with van der Waals surface area (Å²) in [6, 6.07) is 9.30. The molecule has 0 radical (unpaired) electrons. The van der Waals surface area contributed by atoms with Gasteiger partial charge in [-0.1, -0.05) is 20.8 Å². The van der Waals surface area contributed by atoms with Crippen LogP contribution in [0.15, 0.2) is 45.6 Å². The minimum Gasteiger partial charge on any atom is -0.457 e. The number of benzene rings is 1. The van der Waals surface area contributed by atoms with Gasteiger partial charge >= 0.3 is 0 Å². The van der Waals surface area contributed by atoms with Crippen molar-refractivity contribution in [3.8, 4) is 11.3 Å². The van der Waals surface area contributed by atoms with E-state index in [1.54, 1.807) is 65.2 Å². The van der Waals surface area contributed by atoms with Gasteiger partial charge in [0.2, 0.25) is 5.91 Å². The first-order valence-corrected chi connectivity index (χ1v) is 11.2. The Morgan fingerprint density at radius 1 is 1.15 bits per heavy atom. The van der Waals surface area contributed by atoms with Crippen LogP contribution in [-0.4, -0.2) is 40.2 Å². The highest BCUT2D eigenvalue weighted by atomic mass is 32.1. The summed E-state index contributed by atoms with van der Waals surface area (Å²) < 4.78 is 7.80. The van der Waals surface area contributed by atoms with Crippen LogP contribution in [0.4, 0.5) is 5.69 Å². The van der Waals surface area contributed by atoms with Crippen LogP contribution < -0.4 is 14.8 Å². The summed E-state index contributed by atoms with van der Waals surface area (Å²) in [6.45, 7) is 5.15. The average Bonchev–Trinajstić information content (AvgIpc) is 3.33. The van der Waals surface area contributed by atoms with Crippen LogP contribution in [0.25, 0.3) is 23.5 Å². The largest absolute Gasteiger partial charge is 0.457 e. The van der Waals surface area contributed by atoms with Gasteiger partial charge in [0.15, 0.2) is 5.78 Å². The van der Waals surface area contributed by atoms with Gasteiger partial charge in [-0.15, -0.1) is 11.3 Å². The number of carbonyl (C=O) groups excluding carboxylic acids is 2. The van der Waals surface area contributed by atoms with Gasteiger partial charge in [-0.3, -0.25) is 29.1 Å². The van der Waals surface area contributed by atoms with Crippen molar-refractivity contribution in [1.82, 2.24) is 9.47 Å². The Bertz CT molecular complexity index is 1420. The lowest BCUT2D eigenvalue weighted by Crippen LogP contribution is -2.38. The molecule has 0 bridgehead atoms. The number of hydrogen-bond donors (Lipinski definition) is 0. The molecule has 10 heteroatoms. The predicted octanol–water partition coefficient (Wildman–Crippen LogP) is 2.39. The predicted molar refractivity (Wildman–Crippen MR) is 130 cm³/mol. The number of aromatic nitrogens is 1. The topological polar surface area (TPSA) is 116 Å². The number of rotatable bonds is 6. The van der Waals surface area contributed by atoms with E-state index < -0.39 is 15.9 Å². The van der Waals surface area contributed by atoms with Crippen molar-refractivity contribution in [1.29, 1.82) is 0 Å². The van der Waals surface area contributed by atoms with Crippen LogP contribution in [-0.2, 0) is 16.1 Å². The van der Waals surface area contributed by atoms with Crippen molar-refractivity contribution in [3.63, 3.8) is 0 Å². The number of Topliss-reactive ketones (excluding diaryl/α,β-unsaturated/α-hetero) is 1. The number of hydrogen-bond acceptors (Lipinski definition) is 7. The molecule has 1 amide bonds. The average molecular weight is 484 g/mol. The Balaban J connectivity index is 2.06. The fraction of sp³-hybridized carbons (Fsp3) is 0.292. The van der Waals surface area contributed by atoms with Gasteiger partial charge in [0.25, 0.3) is 11.2 Å². The number of furan rings is 1.